The fraction of sp³-hybridized carbons (Fsp3) is 0.611. The zero-order valence-electron chi connectivity index (χ0n) is 16.0. The Morgan fingerprint density at radius 2 is 1.88 bits per heavy atom. The van der Waals surface area contributed by atoms with Gasteiger partial charge in [0.1, 0.15) is 12.1 Å². The molecule has 0 saturated heterocycles. The SMILES string of the molecule is CC[N+](C)(CC)CCCNC(=O)C1C(O)c2ccccc2S(=O)(=O)N1C. The van der Waals surface area contributed by atoms with Crippen LogP contribution in [0.1, 0.15) is 31.9 Å². The van der Waals surface area contributed by atoms with Crippen molar-refractivity contribution in [3.05, 3.63) is 29.8 Å². The van der Waals surface area contributed by atoms with E-state index < -0.39 is 28.1 Å². The first kappa shape index (κ1) is 20.8. The molecule has 0 bridgehead atoms. The molecule has 0 aliphatic carbocycles. The Bertz CT molecular complexity index is 747. The third-order valence-electron chi connectivity index (χ3n) is 5.55. The van der Waals surface area contributed by atoms with Crippen molar-refractivity contribution in [1.82, 2.24) is 9.62 Å². The number of rotatable bonds is 7. The summed E-state index contributed by atoms with van der Waals surface area (Å²) in [6, 6.07) is 5.11. The normalized spacial score (nSPS) is 22.7. The van der Waals surface area contributed by atoms with Crippen LogP contribution in [0.25, 0.3) is 0 Å². The molecule has 1 aliphatic heterocycles. The maximum absolute atomic E-state index is 12.6. The number of aliphatic hydroxyl groups is 1. The number of sulfonamides is 1. The Morgan fingerprint density at radius 1 is 1.27 bits per heavy atom. The Kier molecular flexibility index (Phi) is 6.44. The molecular weight excluding hydrogens is 354 g/mol. The van der Waals surface area contributed by atoms with Gasteiger partial charge in [-0.3, -0.25) is 4.79 Å². The molecule has 1 aromatic carbocycles. The number of nitrogens with zero attached hydrogens (tertiary/aromatic N) is 2. The molecule has 2 unspecified atom stereocenters. The topological polar surface area (TPSA) is 86.7 Å². The molecule has 1 aliphatic rings. The van der Waals surface area contributed by atoms with Crippen molar-refractivity contribution >= 4 is 15.9 Å². The van der Waals surface area contributed by atoms with Gasteiger partial charge in [0.05, 0.1) is 31.6 Å². The average molecular weight is 385 g/mol. The van der Waals surface area contributed by atoms with Gasteiger partial charge in [-0.1, -0.05) is 18.2 Å². The van der Waals surface area contributed by atoms with Gasteiger partial charge in [0.15, 0.2) is 0 Å². The number of aliphatic hydroxyl groups excluding tert-OH is 1. The lowest BCUT2D eigenvalue weighted by Crippen LogP contribution is -2.54. The van der Waals surface area contributed by atoms with Crippen LogP contribution in [0.2, 0.25) is 0 Å². The summed E-state index contributed by atoms with van der Waals surface area (Å²) < 4.78 is 27.2. The lowest BCUT2D eigenvalue weighted by molar-refractivity contribution is -0.906. The van der Waals surface area contributed by atoms with Gasteiger partial charge in [0, 0.05) is 25.6 Å². The van der Waals surface area contributed by atoms with E-state index in [1.165, 1.54) is 13.1 Å². The van der Waals surface area contributed by atoms with E-state index in [9.17, 15) is 18.3 Å². The molecule has 7 nitrogen and oxygen atoms in total. The molecule has 2 N–H and O–H groups in total. The maximum atomic E-state index is 12.6. The van der Waals surface area contributed by atoms with Crippen molar-refractivity contribution in [3.63, 3.8) is 0 Å². The largest absolute Gasteiger partial charge is 0.386 e. The first-order valence-electron chi connectivity index (χ1n) is 9.04. The highest BCUT2D eigenvalue weighted by atomic mass is 32.2. The number of quaternary nitrogens is 1. The zero-order valence-corrected chi connectivity index (χ0v) is 16.8. The lowest BCUT2D eigenvalue weighted by atomic mass is 10.0. The van der Waals surface area contributed by atoms with Crippen LogP contribution in [0, 0.1) is 0 Å². The Morgan fingerprint density at radius 3 is 2.50 bits per heavy atom. The number of carbonyl (C=O) groups is 1. The van der Waals surface area contributed by atoms with E-state index >= 15 is 0 Å². The summed E-state index contributed by atoms with van der Waals surface area (Å²) in [4.78, 5) is 12.7. The van der Waals surface area contributed by atoms with Gasteiger partial charge in [-0.25, -0.2) is 8.42 Å². The van der Waals surface area contributed by atoms with Crippen molar-refractivity contribution in [2.45, 2.75) is 37.3 Å². The smallest absolute Gasteiger partial charge is 0.244 e. The molecule has 1 heterocycles. The summed E-state index contributed by atoms with van der Waals surface area (Å²) in [7, 11) is -0.295. The molecule has 0 fully saturated rings. The highest BCUT2D eigenvalue weighted by molar-refractivity contribution is 7.89. The molecule has 1 aromatic rings. The molecule has 1 amide bonds. The van der Waals surface area contributed by atoms with Crippen molar-refractivity contribution in [2.24, 2.45) is 0 Å². The second-order valence-corrected chi connectivity index (χ2v) is 9.03. The summed E-state index contributed by atoms with van der Waals surface area (Å²) in [6.07, 6.45) is -0.396. The monoisotopic (exact) mass is 384 g/mol. The van der Waals surface area contributed by atoms with E-state index in [1.807, 2.05) is 0 Å². The molecule has 2 atom stereocenters. The Balaban J connectivity index is 2.08. The summed E-state index contributed by atoms with van der Waals surface area (Å²) in [5, 5.41) is 13.4. The van der Waals surface area contributed by atoms with Crippen molar-refractivity contribution in [3.8, 4) is 0 Å². The molecule has 8 heteroatoms. The molecule has 2 rings (SSSR count). The second kappa shape index (κ2) is 8.04. The van der Waals surface area contributed by atoms with Gasteiger partial charge >= 0.3 is 0 Å². The van der Waals surface area contributed by atoms with Crippen LogP contribution in [0.15, 0.2) is 29.2 Å². The van der Waals surface area contributed by atoms with Crippen LogP contribution in [-0.4, -0.2) is 74.5 Å². The molecule has 0 aromatic heterocycles. The van der Waals surface area contributed by atoms with Crippen LogP contribution < -0.4 is 5.32 Å². The van der Waals surface area contributed by atoms with Crippen molar-refractivity contribution in [1.29, 1.82) is 0 Å². The molecule has 0 radical (unpaired) electrons. The van der Waals surface area contributed by atoms with E-state index in [0.29, 0.717) is 6.54 Å². The van der Waals surface area contributed by atoms with Crippen LogP contribution in [0.4, 0.5) is 0 Å². The number of fused-ring (bicyclic) bond motifs is 1. The number of nitrogens with one attached hydrogen (secondary N) is 1. The Hall–Kier alpha value is -1.48. The van der Waals surface area contributed by atoms with Crippen LogP contribution in [-0.2, 0) is 14.8 Å². The Labute approximate surface area is 156 Å². The molecular formula is C18H30N3O4S+. The van der Waals surface area contributed by atoms with E-state index in [2.05, 4.69) is 26.2 Å². The number of benzene rings is 1. The number of carbonyl (C=O) groups excluding carboxylic acids is 1. The van der Waals surface area contributed by atoms with Crippen molar-refractivity contribution < 1.29 is 22.8 Å². The summed E-state index contributed by atoms with van der Waals surface area (Å²) in [5.74, 6) is -0.472. The summed E-state index contributed by atoms with van der Waals surface area (Å²) >= 11 is 0. The van der Waals surface area contributed by atoms with Gasteiger partial charge in [0.2, 0.25) is 15.9 Å². The van der Waals surface area contributed by atoms with Crippen LogP contribution in [0.3, 0.4) is 0 Å². The number of hydrogen-bond acceptors (Lipinski definition) is 4. The van der Waals surface area contributed by atoms with E-state index in [0.717, 1.165) is 34.8 Å². The number of likely N-dealkylation sites (N-methyl/N-ethyl adjacent to an activating group) is 1. The fourth-order valence-electron chi connectivity index (χ4n) is 3.26. The van der Waals surface area contributed by atoms with E-state index in [4.69, 9.17) is 0 Å². The number of amides is 1. The van der Waals surface area contributed by atoms with Gasteiger partial charge in [-0.2, -0.15) is 4.31 Å². The van der Waals surface area contributed by atoms with Gasteiger partial charge < -0.3 is 14.9 Å². The van der Waals surface area contributed by atoms with Gasteiger partial charge in [0.25, 0.3) is 0 Å². The summed E-state index contributed by atoms with van der Waals surface area (Å²) in [5.41, 5.74) is 0.270. The molecule has 26 heavy (non-hydrogen) atoms. The van der Waals surface area contributed by atoms with Crippen LogP contribution in [0.5, 0.6) is 0 Å². The van der Waals surface area contributed by atoms with Gasteiger partial charge in [-0.15, -0.1) is 0 Å². The zero-order chi connectivity index (χ0) is 19.5. The maximum Gasteiger partial charge on any atom is 0.244 e. The standard InChI is InChI=1S/C18H29N3O4S/c1-5-21(4,6-2)13-9-12-19-18(23)16-17(22)14-10-7-8-11-15(14)26(24,25)20(16)3/h7-8,10-11,16-17,22H,5-6,9,12-13H2,1-4H3/p+1. The first-order valence-corrected chi connectivity index (χ1v) is 10.5. The minimum atomic E-state index is -3.80. The quantitative estimate of drug-likeness (QED) is 0.536. The molecule has 0 saturated carbocycles. The lowest BCUT2D eigenvalue weighted by Gasteiger charge is -2.36. The number of hydrogen-bond donors (Lipinski definition) is 2. The molecule has 146 valence electrons. The minimum absolute atomic E-state index is 0.0537. The third-order valence-corrected chi connectivity index (χ3v) is 7.47. The average Bonchev–Trinajstić information content (AvgIpc) is 2.64. The second-order valence-electron chi connectivity index (χ2n) is 7.07. The predicted octanol–water partition coefficient (Wildman–Crippen LogP) is 0.715. The third kappa shape index (κ3) is 3.93. The summed E-state index contributed by atoms with van der Waals surface area (Å²) in [6.45, 7) is 7.69. The minimum Gasteiger partial charge on any atom is -0.386 e. The van der Waals surface area contributed by atoms with Crippen molar-refractivity contribution in [2.75, 3.05) is 40.3 Å². The first-order chi connectivity index (χ1) is 12.2. The van der Waals surface area contributed by atoms with Gasteiger partial charge in [-0.05, 0) is 19.9 Å². The van der Waals surface area contributed by atoms with Crippen LogP contribution >= 0.6 is 0 Å². The van der Waals surface area contributed by atoms with E-state index in [-0.39, 0.29) is 10.5 Å². The van der Waals surface area contributed by atoms with E-state index in [1.54, 1.807) is 18.2 Å². The molecule has 0 spiro atoms. The highest BCUT2D eigenvalue weighted by Crippen LogP contribution is 2.35. The predicted molar refractivity (Wildman–Crippen MR) is 99.9 cm³/mol. The fourth-order valence-corrected chi connectivity index (χ4v) is 4.82. The highest BCUT2D eigenvalue weighted by Gasteiger charge is 2.45.